The Bertz CT molecular complexity index is 107. The van der Waals surface area contributed by atoms with Gasteiger partial charge in [-0.1, -0.05) is 13.8 Å². The minimum Gasteiger partial charge on any atom is -0.381 e. The van der Waals surface area contributed by atoms with Crippen molar-refractivity contribution >= 4 is 0 Å². The van der Waals surface area contributed by atoms with Crippen LogP contribution in [0.25, 0.3) is 0 Å². The summed E-state index contributed by atoms with van der Waals surface area (Å²) < 4.78 is 29.8. The molecular formula is C8H16F2O. The molecule has 0 aliphatic heterocycles. The lowest BCUT2D eigenvalue weighted by atomic mass is 10.0. The molecule has 0 spiro atoms. The van der Waals surface area contributed by atoms with Gasteiger partial charge in [0.25, 0.3) is 0 Å². The molecule has 0 bridgehead atoms. The monoisotopic (exact) mass is 166 g/mol. The second-order valence-corrected chi connectivity index (χ2v) is 3.29. The van der Waals surface area contributed by atoms with E-state index in [1.807, 2.05) is 13.8 Å². The normalized spacial score (nSPS) is 15.5. The van der Waals surface area contributed by atoms with Crippen LogP contribution in [0.4, 0.5) is 8.78 Å². The van der Waals surface area contributed by atoms with Gasteiger partial charge in [-0.2, -0.15) is 0 Å². The predicted molar refractivity (Wildman–Crippen MR) is 40.9 cm³/mol. The molecule has 0 aliphatic carbocycles. The summed E-state index contributed by atoms with van der Waals surface area (Å²) in [6.07, 6.45) is -0.531. The lowest BCUT2D eigenvalue weighted by Gasteiger charge is -2.22. The van der Waals surface area contributed by atoms with E-state index >= 15 is 0 Å². The molecular weight excluding hydrogens is 150 g/mol. The lowest BCUT2D eigenvalue weighted by molar-refractivity contribution is -0.0539. The molecule has 0 amide bonds. The molecule has 0 fully saturated rings. The first-order chi connectivity index (χ1) is 4.87. The summed E-state index contributed by atoms with van der Waals surface area (Å²) >= 11 is 0. The third-order valence-corrected chi connectivity index (χ3v) is 1.61. The van der Waals surface area contributed by atoms with Crippen molar-refractivity contribution in [1.29, 1.82) is 0 Å². The third-order valence-electron chi connectivity index (χ3n) is 1.61. The molecule has 0 rings (SSSR count). The fraction of sp³-hybridized carbons (Fsp3) is 1.00. The third kappa shape index (κ3) is 5.13. The standard InChI is InChI=1S/C8H16F2O/c1-6(2)7(11-4)5-8(3,9)10/h6-7H,5H2,1-4H3. The van der Waals surface area contributed by atoms with Crippen LogP contribution in [0.2, 0.25) is 0 Å². The average Bonchev–Trinajstić information content (AvgIpc) is 1.80. The molecule has 11 heavy (non-hydrogen) atoms. The number of rotatable bonds is 4. The highest BCUT2D eigenvalue weighted by Crippen LogP contribution is 2.23. The van der Waals surface area contributed by atoms with Crippen LogP contribution in [-0.4, -0.2) is 19.1 Å². The van der Waals surface area contributed by atoms with Gasteiger partial charge in [0.2, 0.25) is 5.92 Å². The number of methoxy groups -OCH3 is 1. The zero-order valence-corrected chi connectivity index (χ0v) is 7.53. The minimum absolute atomic E-state index is 0.144. The van der Waals surface area contributed by atoms with Crippen molar-refractivity contribution in [2.75, 3.05) is 7.11 Å². The van der Waals surface area contributed by atoms with Gasteiger partial charge in [0, 0.05) is 13.5 Å². The highest BCUT2D eigenvalue weighted by Gasteiger charge is 2.28. The van der Waals surface area contributed by atoms with E-state index in [2.05, 4.69) is 0 Å². The van der Waals surface area contributed by atoms with Crippen molar-refractivity contribution in [3.05, 3.63) is 0 Å². The second kappa shape index (κ2) is 4.00. The molecule has 0 aromatic carbocycles. The van der Waals surface area contributed by atoms with E-state index in [0.717, 1.165) is 6.92 Å². The van der Waals surface area contributed by atoms with Crippen molar-refractivity contribution in [2.24, 2.45) is 5.92 Å². The van der Waals surface area contributed by atoms with Crippen LogP contribution >= 0.6 is 0 Å². The van der Waals surface area contributed by atoms with E-state index in [4.69, 9.17) is 4.74 Å². The van der Waals surface area contributed by atoms with E-state index in [-0.39, 0.29) is 18.4 Å². The van der Waals surface area contributed by atoms with Gasteiger partial charge < -0.3 is 4.74 Å². The van der Waals surface area contributed by atoms with Crippen LogP contribution in [0.1, 0.15) is 27.2 Å². The Hall–Kier alpha value is -0.180. The molecule has 0 heterocycles. The number of hydrogen-bond donors (Lipinski definition) is 0. The fourth-order valence-corrected chi connectivity index (χ4v) is 0.944. The fourth-order valence-electron chi connectivity index (χ4n) is 0.944. The summed E-state index contributed by atoms with van der Waals surface area (Å²) in [5.41, 5.74) is 0. The number of alkyl halides is 2. The summed E-state index contributed by atoms with van der Waals surface area (Å²) in [6.45, 7) is 4.67. The number of halogens is 2. The van der Waals surface area contributed by atoms with Crippen molar-refractivity contribution < 1.29 is 13.5 Å². The molecule has 1 atom stereocenters. The number of hydrogen-bond acceptors (Lipinski definition) is 1. The Morgan fingerprint density at radius 2 is 1.82 bits per heavy atom. The maximum absolute atomic E-state index is 12.4. The SMILES string of the molecule is COC(CC(C)(F)F)C(C)C. The maximum Gasteiger partial charge on any atom is 0.247 e. The predicted octanol–water partition coefficient (Wildman–Crippen LogP) is 2.70. The summed E-state index contributed by atoms with van der Waals surface area (Å²) in [7, 11) is 1.47. The van der Waals surface area contributed by atoms with Crippen LogP contribution in [0.5, 0.6) is 0 Å². The molecule has 0 aliphatic rings. The average molecular weight is 166 g/mol. The van der Waals surface area contributed by atoms with E-state index in [1.54, 1.807) is 0 Å². The summed E-state index contributed by atoms with van der Waals surface area (Å²) in [5.74, 6) is -2.48. The Morgan fingerprint density at radius 1 is 1.36 bits per heavy atom. The molecule has 68 valence electrons. The first kappa shape index (κ1) is 10.8. The molecule has 0 radical (unpaired) electrons. The lowest BCUT2D eigenvalue weighted by Crippen LogP contribution is -2.26. The van der Waals surface area contributed by atoms with E-state index < -0.39 is 5.92 Å². The Balaban J connectivity index is 3.88. The van der Waals surface area contributed by atoms with Crippen LogP contribution in [0, 0.1) is 5.92 Å². The first-order valence-electron chi connectivity index (χ1n) is 3.77. The summed E-state index contributed by atoms with van der Waals surface area (Å²) in [6, 6.07) is 0. The van der Waals surface area contributed by atoms with Crippen LogP contribution in [0.15, 0.2) is 0 Å². The van der Waals surface area contributed by atoms with Crippen molar-refractivity contribution in [2.45, 2.75) is 39.2 Å². The van der Waals surface area contributed by atoms with E-state index in [1.165, 1.54) is 7.11 Å². The van der Waals surface area contributed by atoms with Crippen LogP contribution in [-0.2, 0) is 4.74 Å². The van der Waals surface area contributed by atoms with Crippen molar-refractivity contribution in [3.63, 3.8) is 0 Å². The van der Waals surface area contributed by atoms with Gasteiger partial charge >= 0.3 is 0 Å². The van der Waals surface area contributed by atoms with Gasteiger partial charge in [0.05, 0.1) is 6.10 Å². The van der Waals surface area contributed by atoms with Gasteiger partial charge in [-0.25, -0.2) is 8.78 Å². The maximum atomic E-state index is 12.4. The van der Waals surface area contributed by atoms with Gasteiger partial charge in [-0.3, -0.25) is 0 Å². The molecule has 0 N–H and O–H groups in total. The molecule has 0 saturated heterocycles. The first-order valence-corrected chi connectivity index (χ1v) is 3.77. The topological polar surface area (TPSA) is 9.23 Å². The highest BCUT2D eigenvalue weighted by atomic mass is 19.3. The molecule has 0 saturated carbocycles. The smallest absolute Gasteiger partial charge is 0.247 e. The van der Waals surface area contributed by atoms with Crippen molar-refractivity contribution in [3.8, 4) is 0 Å². The van der Waals surface area contributed by atoms with Gasteiger partial charge in [-0.05, 0) is 12.8 Å². The second-order valence-electron chi connectivity index (χ2n) is 3.29. The minimum atomic E-state index is -2.62. The van der Waals surface area contributed by atoms with Crippen LogP contribution < -0.4 is 0 Å². The van der Waals surface area contributed by atoms with E-state index in [9.17, 15) is 8.78 Å². The highest BCUT2D eigenvalue weighted by molar-refractivity contribution is 4.69. The Labute approximate surface area is 66.7 Å². The van der Waals surface area contributed by atoms with E-state index in [0.29, 0.717) is 0 Å². The zero-order chi connectivity index (χ0) is 9.07. The number of ether oxygens (including phenoxy) is 1. The Morgan fingerprint density at radius 3 is 1.91 bits per heavy atom. The van der Waals surface area contributed by atoms with Gasteiger partial charge in [0.1, 0.15) is 0 Å². The van der Waals surface area contributed by atoms with Gasteiger partial charge in [0.15, 0.2) is 0 Å². The Kier molecular flexibility index (Phi) is 3.93. The molecule has 0 aromatic rings. The van der Waals surface area contributed by atoms with Gasteiger partial charge in [-0.15, -0.1) is 0 Å². The largest absolute Gasteiger partial charge is 0.381 e. The molecule has 1 unspecified atom stereocenters. The van der Waals surface area contributed by atoms with Crippen molar-refractivity contribution in [1.82, 2.24) is 0 Å². The summed E-state index contributed by atoms with van der Waals surface area (Å²) in [5, 5.41) is 0. The molecule has 3 heteroatoms. The quantitative estimate of drug-likeness (QED) is 0.624. The molecule has 1 nitrogen and oxygen atoms in total. The zero-order valence-electron chi connectivity index (χ0n) is 7.53. The summed E-state index contributed by atoms with van der Waals surface area (Å²) in [4.78, 5) is 0. The van der Waals surface area contributed by atoms with Crippen LogP contribution in [0.3, 0.4) is 0 Å². The molecule has 0 aromatic heterocycles.